The molecule has 0 amide bonds. The first kappa shape index (κ1) is 11.8. The van der Waals surface area contributed by atoms with Crippen LogP contribution in [0.2, 0.25) is 5.15 Å². The number of likely N-dealkylation sites (tertiary alicyclic amines) is 1. The number of rotatable bonds is 2. The van der Waals surface area contributed by atoms with Crippen molar-refractivity contribution in [1.29, 1.82) is 0 Å². The SMILES string of the molecule is CN1CCC([C@@H](O)c2cccc(Cl)n2)CC1. The summed E-state index contributed by atoms with van der Waals surface area (Å²) in [5, 5.41) is 10.7. The number of hydrogen-bond donors (Lipinski definition) is 1. The van der Waals surface area contributed by atoms with Crippen LogP contribution in [0.25, 0.3) is 0 Å². The van der Waals surface area contributed by atoms with Crippen molar-refractivity contribution in [3.05, 3.63) is 29.0 Å². The molecule has 0 saturated carbocycles. The van der Waals surface area contributed by atoms with Crippen LogP contribution in [-0.2, 0) is 0 Å². The van der Waals surface area contributed by atoms with Crippen LogP contribution in [0, 0.1) is 5.92 Å². The van der Waals surface area contributed by atoms with Crippen LogP contribution in [-0.4, -0.2) is 35.1 Å². The van der Waals surface area contributed by atoms with Crippen molar-refractivity contribution < 1.29 is 5.11 Å². The Hall–Kier alpha value is -0.640. The minimum atomic E-state index is -0.479. The number of aromatic nitrogens is 1. The summed E-state index contributed by atoms with van der Waals surface area (Å²) in [6.07, 6.45) is 1.56. The molecule has 0 aliphatic carbocycles. The van der Waals surface area contributed by atoms with Gasteiger partial charge in [0.05, 0.1) is 11.8 Å². The van der Waals surface area contributed by atoms with Crippen molar-refractivity contribution in [2.24, 2.45) is 5.92 Å². The molecular weight excluding hydrogens is 224 g/mol. The van der Waals surface area contributed by atoms with Gasteiger partial charge in [0.25, 0.3) is 0 Å². The van der Waals surface area contributed by atoms with E-state index in [9.17, 15) is 5.11 Å². The molecule has 1 aromatic heterocycles. The summed E-state index contributed by atoms with van der Waals surface area (Å²) in [5.74, 6) is 0.308. The molecule has 4 heteroatoms. The van der Waals surface area contributed by atoms with E-state index in [1.165, 1.54) is 0 Å². The Balaban J connectivity index is 2.04. The molecule has 2 heterocycles. The van der Waals surface area contributed by atoms with E-state index < -0.39 is 6.10 Å². The Morgan fingerprint density at radius 3 is 2.75 bits per heavy atom. The van der Waals surface area contributed by atoms with Crippen molar-refractivity contribution in [3.8, 4) is 0 Å². The lowest BCUT2D eigenvalue weighted by Gasteiger charge is -2.31. The Bertz CT molecular complexity index is 351. The van der Waals surface area contributed by atoms with E-state index in [1.807, 2.05) is 12.1 Å². The molecule has 88 valence electrons. The van der Waals surface area contributed by atoms with Crippen molar-refractivity contribution in [1.82, 2.24) is 9.88 Å². The lowest BCUT2D eigenvalue weighted by Crippen LogP contribution is -2.32. The molecule has 0 radical (unpaired) electrons. The van der Waals surface area contributed by atoms with E-state index in [4.69, 9.17) is 11.6 Å². The van der Waals surface area contributed by atoms with E-state index in [0.29, 0.717) is 16.8 Å². The van der Waals surface area contributed by atoms with Crippen LogP contribution in [0.4, 0.5) is 0 Å². The minimum Gasteiger partial charge on any atom is -0.387 e. The molecular formula is C12H17ClN2O. The molecule has 1 aliphatic heterocycles. The number of pyridine rings is 1. The Morgan fingerprint density at radius 2 is 2.12 bits per heavy atom. The fourth-order valence-electron chi connectivity index (χ4n) is 2.17. The van der Waals surface area contributed by atoms with Crippen LogP contribution in [0.3, 0.4) is 0 Å². The maximum absolute atomic E-state index is 10.2. The smallest absolute Gasteiger partial charge is 0.129 e. The molecule has 2 rings (SSSR count). The van der Waals surface area contributed by atoms with Gasteiger partial charge in [0, 0.05) is 0 Å². The molecule has 16 heavy (non-hydrogen) atoms. The van der Waals surface area contributed by atoms with Crippen LogP contribution < -0.4 is 0 Å². The molecule has 1 atom stereocenters. The zero-order valence-corrected chi connectivity index (χ0v) is 10.2. The number of hydrogen-bond acceptors (Lipinski definition) is 3. The van der Waals surface area contributed by atoms with Gasteiger partial charge in [0.1, 0.15) is 5.15 Å². The van der Waals surface area contributed by atoms with Crippen LogP contribution >= 0.6 is 11.6 Å². The Kier molecular flexibility index (Phi) is 3.79. The van der Waals surface area contributed by atoms with Crippen LogP contribution in [0.15, 0.2) is 18.2 Å². The molecule has 1 aromatic rings. The summed E-state index contributed by atoms with van der Waals surface area (Å²) >= 11 is 5.82. The third kappa shape index (κ3) is 2.73. The van der Waals surface area contributed by atoms with Gasteiger partial charge in [-0.1, -0.05) is 17.7 Å². The van der Waals surface area contributed by atoms with Crippen molar-refractivity contribution in [2.45, 2.75) is 18.9 Å². The zero-order valence-electron chi connectivity index (χ0n) is 9.43. The first-order chi connectivity index (χ1) is 7.66. The van der Waals surface area contributed by atoms with Gasteiger partial charge in [0.15, 0.2) is 0 Å². The maximum Gasteiger partial charge on any atom is 0.129 e. The fraction of sp³-hybridized carbons (Fsp3) is 0.583. The van der Waals surface area contributed by atoms with Gasteiger partial charge in [0.2, 0.25) is 0 Å². The van der Waals surface area contributed by atoms with E-state index >= 15 is 0 Å². The number of nitrogens with zero attached hydrogens (tertiary/aromatic N) is 2. The summed E-state index contributed by atoms with van der Waals surface area (Å²) < 4.78 is 0. The second-order valence-corrected chi connectivity index (χ2v) is 4.86. The van der Waals surface area contributed by atoms with Gasteiger partial charge in [-0.05, 0) is 51.0 Å². The summed E-state index contributed by atoms with van der Waals surface area (Å²) in [6, 6.07) is 5.41. The van der Waals surface area contributed by atoms with E-state index in [0.717, 1.165) is 25.9 Å². The molecule has 1 saturated heterocycles. The lowest BCUT2D eigenvalue weighted by atomic mass is 9.89. The molecule has 1 fully saturated rings. The monoisotopic (exact) mass is 240 g/mol. The van der Waals surface area contributed by atoms with E-state index in [1.54, 1.807) is 6.07 Å². The lowest BCUT2D eigenvalue weighted by molar-refractivity contribution is 0.0627. The summed E-state index contributed by atoms with van der Waals surface area (Å²) in [7, 11) is 2.11. The Labute approximate surface area is 101 Å². The highest BCUT2D eigenvalue weighted by atomic mass is 35.5. The quantitative estimate of drug-likeness (QED) is 0.805. The molecule has 1 N–H and O–H groups in total. The molecule has 1 aliphatic rings. The van der Waals surface area contributed by atoms with Crippen molar-refractivity contribution >= 4 is 11.6 Å². The molecule has 0 aromatic carbocycles. The first-order valence-electron chi connectivity index (χ1n) is 5.66. The van der Waals surface area contributed by atoms with Gasteiger partial charge in [-0.3, -0.25) is 0 Å². The first-order valence-corrected chi connectivity index (χ1v) is 6.03. The summed E-state index contributed by atoms with van der Waals surface area (Å²) in [5.41, 5.74) is 0.696. The number of aliphatic hydroxyl groups excluding tert-OH is 1. The Morgan fingerprint density at radius 1 is 1.44 bits per heavy atom. The number of halogens is 1. The standard InChI is InChI=1S/C12H17ClN2O/c1-15-7-5-9(6-8-15)12(16)10-3-2-4-11(13)14-10/h2-4,9,12,16H,5-8H2,1H3/t12-/m1/s1. The van der Waals surface area contributed by atoms with Crippen molar-refractivity contribution in [3.63, 3.8) is 0 Å². The average molecular weight is 241 g/mol. The number of aliphatic hydroxyl groups is 1. The number of piperidine rings is 1. The van der Waals surface area contributed by atoms with E-state index in [-0.39, 0.29) is 0 Å². The predicted octanol–water partition coefficient (Wildman–Crippen LogP) is 2.11. The van der Waals surface area contributed by atoms with Gasteiger partial charge in [-0.15, -0.1) is 0 Å². The molecule has 3 nitrogen and oxygen atoms in total. The zero-order chi connectivity index (χ0) is 11.5. The van der Waals surface area contributed by atoms with Crippen molar-refractivity contribution in [2.75, 3.05) is 20.1 Å². The maximum atomic E-state index is 10.2. The van der Waals surface area contributed by atoms with Gasteiger partial charge in [-0.25, -0.2) is 4.98 Å². The summed E-state index contributed by atoms with van der Waals surface area (Å²) in [4.78, 5) is 6.46. The third-order valence-electron chi connectivity index (χ3n) is 3.25. The normalized spacial score (nSPS) is 20.9. The second-order valence-electron chi connectivity index (χ2n) is 4.47. The fourth-order valence-corrected chi connectivity index (χ4v) is 2.34. The van der Waals surface area contributed by atoms with Gasteiger partial charge in [-0.2, -0.15) is 0 Å². The molecule has 0 bridgehead atoms. The highest BCUT2D eigenvalue weighted by molar-refractivity contribution is 6.29. The molecule has 0 unspecified atom stereocenters. The predicted molar refractivity (Wildman–Crippen MR) is 64.4 cm³/mol. The van der Waals surface area contributed by atoms with Crippen LogP contribution in [0.1, 0.15) is 24.6 Å². The average Bonchev–Trinajstić information content (AvgIpc) is 2.29. The van der Waals surface area contributed by atoms with E-state index in [2.05, 4.69) is 16.9 Å². The second kappa shape index (κ2) is 5.13. The molecule has 0 spiro atoms. The highest BCUT2D eigenvalue weighted by Gasteiger charge is 2.25. The van der Waals surface area contributed by atoms with Gasteiger partial charge >= 0.3 is 0 Å². The minimum absolute atomic E-state index is 0.308. The largest absolute Gasteiger partial charge is 0.387 e. The van der Waals surface area contributed by atoms with Gasteiger partial charge < -0.3 is 10.0 Å². The summed E-state index contributed by atoms with van der Waals surface area (Å²) in [6.45, 7) is 2.09. The van der Waals surface area contributed by atoms with Crippen LogP contribution in [0.5, 0.6) is 0 Å². The highest BCUT2D eigenvalue weighted by Crippen LogP contribution is 2.29. The topological polar surface area (TPSA) is 36.4 Å². The third-order valence-corrected chi connectivity index (χ3v) is 3.46.